The summed E-state index contributed by atoms with van der Waals surface area (Å²) in [6.45, 7) is 4.54. The van der Waals surface area contributed by atoms with E-state index >= 15 is 0 Å². The normalized spacial score (nSPS) is 14.7. The molecule has 0 aliphatic heterocycles. The maximum absolute atomic E-state index is 12.3. The summed E-state index contributed by atoms with van der Waals surface area (Å²) < 4.78 is 1.94. The van der Waals surface area contributed by atoms with E-state index in [1.807, 2.05) is 11.6 Å². The van der Waals surface area contributed by atoms with E-state index in [0.29, 0.717) is 18.4 Å². The molecule has 3 rings (SSSR count). The highest BCUT2D eigenvalue weighted by Gasteiger charge is 2.30. The zero-order chi connectivity index (χ0) is 15.0. The Labute approximate surface area is 127 Å². The van der Waals surface area contributed by atoms with Gasteiger partial charge >= 0.3 is 0 Å². The van der Waals surface area contributed by atoms with Crippen molar-refractivity contribution in [2.75, 3.05) is 0 Å². The molecule has 1 fully saturated rings. The monoisotopic (exact) mass is 305 g/mol. The Morgan fingerprint density at radius 2 is 2.24 bits per heavy atom. The van der Waals surface area contributed by atoms with Gasteiger partial charge in [0.1, 0.15) is 10.7 Å². The summed E-state index contributed by atoms with van der Waals surface area (Å²) in [4.78, 5) is 17.3. The minimum atomic E-state index is -0.0616. The predicted molar refractivity (Wildman–Crippen MR) is 80.4 cm³/mol. The third-order valence-electron chi connectivity index (χ3n) is 3.69. The smallest absolute Gasteiger partial charge is 0.263 e. The van der Waals surface area contributed by atoms with Crippen molar-refractivity contribution in [1.29, 1.82) is 0 Å². The maximum Gasteiger partial charge on any atom is 0.263 e. The number of thiazole rings is 1. The molecule has 1 saturated carbocycles. The standard InChI is InChI=1S/C14H19N5OS/c1-8(2)13-18-17-10(19(13)3)6-15-14(20)12-11(9-4-5-9)16-7-21-12/h7-9H,4-6H2,1-3H3,(H,15,20). The van der Waals surface area contributed by atoms with Crippen LogP contribution in [0.4, 0.5) is 0 Å². The molecule has 0 saturated heterocycles. The molecule has 1 N–H and O–H groups in total. The third-order valence-corrected chi connectivity index (χ3v) is 4.53. The van der Waals surface area contributed by atoms with Crippen molar-refractivity contribution >= 4 is 17.2 Å². The average molecular weight is 305 g/mol. The number of carbonyl (C=O) groups is 1. The Balaban J connectivity index is 1.67. The number of aromatic nitrogens is 4. The van der Waals surface area contributed by atoms with E-state index in [-0.39, 0.29) is 5.91 Å². The van der Waals surface area contributed by atoms with Crippen molar-refractivity contribution in [1.82, 2.24) is 25.1 Å². The number of nitrogens with one attached hydrogen (secondary N) is 1. The molecule has 0 bridgehead atoms. The van der Waals surface area contributed by atoms with Crippen molar-refractivity contribution < 1.29 is 4.79 Å². The summed E-state index contributed by atoms with van der Waals surface area (Å²) in [7, 11) is 1.93. The lowest BCUT2D eigenvalue weighted by atomic mass is 10.2. The molecular weight excluding hydrogens is 286 g/mol. The van der Waals surface area contributed by atoms with Gasteiger partial charge in [0, 0.05) is 18.9 Å². The van der Waals surface area contributed by atoms with E-state index in [2.05, 4.69) is 34.3 Å². The van der Waals surface area contributed by atoms with Gasteiger partial charge in [-0.25, -0.2) is 4.98 Å². The van der Waals surface area contributed by atoms with Crippen LogP contribution in [0.2, 0.25) is 0 Å². The predicted octanol–water partition coefficient (Wildman–Crippen LogP) is 2.20. The number of rotatable bonds is 5. The van der Waals surface area contributed by atoms with Crippen LogP contribution in [-0.2, 0) is 13.6 Å². The van der Waals surface area contributed by atoms with Crippen molar-refractivity contribution in [3.8, 4) is 0 Å². The highest BCUT2D eigenvalue weighted by atomic mass is 32.1. The van der Waals surface area contributed by atoms with Crippen molar-refractivity contribution in [3.63, 3.8) is 0 Å². The Bertz CT molecular complexity index is 656. The fourth-order valence-electron chi connectivity index (χ4n) is 2.34. The van der Waals surface area contributed by atoms with Crippen LogP contribution in [0.15, 0.2) is 5.51 Å². The summed E-state index contributed by atoms with van der Waals surface area (Å²) >= 11 is 1.41. The highest BCUT2D eigenvalue weighted by Crippen LogP contribution is 2.41. The Morgan fingerprint density at radius 1 is 1.48 bits per heavy atom. The number of carbonyl (C=O) groups excluding carboxylic acids is 1. The van der Waals surface area contributed by atoms with Gasteiger partial charge in [-0.3, -0.25) is 4.79 Å². The second-order valence-corrected chi connectivity index (χ2v) is 6.57. The second kappa shape index (κ2) is 5.55. The van der Waals surface area contributed by atoms with Gasteiger partial charge in [0.15, 0.2) is 5.82 Å². The SMILES string of the molecule is CC(C)c1nnc(CNC(=O)c2scnc2C2CC2)n1C. The first-order valence-electron chi connectivity index (χ1n) is 7.17. The van der Waals surface area contributed by atoms with E-state index < -0.39 is 0 Å². The van der Waals surface area contributed by atoms with E-state index in [1.54, 1.807) is 5.51 Å². The lowest BCUT2D eigenvalue weighted by molar-refractivity contribution is 0.0952. The first-order chi connectivity index (χ1) is 10.1. The average Bonchev–Trinajstić information content (AvgIpc) is 3.05. The molecule has 1 amide bonds. The second-order valence-electron chi connectivity index (χ2n) is 5.71. The molecule has 7 heteroatoms. The van der Waals surface area contributed by atoms with E-state index in [1.165, 1.54) is 11.3 Å². The molecule has 0 atom stereocenters. The summed E-state index contributed by atoms with van der Waals surface area (Å²) in [6.07, 6.45) is 2.29. The molecule has 2 aromatic heterocycles. The largest absolute Gasteiger partial charge is 0.344 e. The van der Waals surface area contributed by atoms with Gasteiger partial charge in [0.2, 0.25) is 0 Å². The van der Waals surface area contributed by atoms with Crippen molar-refractivity contribution in [3.05, 3.63) is 27.7 Å². The van der Waals surface area contributed by atoms with Gasteiger partial charge in [-0.1, -0.05) is 13.8 Å². The summed E-state index contributed by atoms with van der Waals surface area (Å²) in [5, 5.41) is 11.2. The summed E-state index contributed by atoms with van der Waals surface area (Å²) in [6, 6.07) is 0. The lowest BCUT2D eigenvalue weighted by Crippen LogP contribution is -2.24. The van der Waals surface area contributed by atoms with Crippen LogP contribution in [0.5, 0.6) is 0 Å². The van der Waals surface area contributed by atoms with Gasteiger partial charge in [-0.15, -0.1) is 21.5 Å². The Hall–Kier alpha value is -1.76. The summed E-state index contributed by atoms with van der Waals surface area (Å²) in [5.74, 6) is 2.43. The lowest BCUT2D eigenvalue weighted by Gasteiger charge is -2.07. The van der Waals surface area contributed by atoms with Gasteiger partial charge in [0.05, 0.1) is 17.7 Å². The topological polar surface area (TPSA) is 72.7 Å². The Morgan fingerprint density at radius 3 is 2.86 bits per heavy atom. The van der Waals surface area contributed by atoms with E-state index in [0.717, 1.165) is 35.1 Å². The van der Waals surface area contributed by atoms with Gasteiger partial charge in [-0.2, -0.15) is 0 Å². The van der Waals surface area contributed by atoms with E-state index in [4.69, 9.17) is 0 Å². The van der Waals surface area contributed by atoms with Crippen LogP contribution in [0.25, 0.3) is 0 Å². The zero-order valence-corrected chi connectivity index (χ0v) is 13.3. The zero-order valence-electron chi connectivity index (χ0n) is 12.5. The number of nitrogens with zero attached hydrogens (tertiary/aromatic N) is 4. The van der Waals surface area contributed by atoms with E-state index in [9.17, 15) is 4.79 Å². The Kier molecular flexibility index (Phi) is 3.75. The van der Waals surface area contributed by atoms with Gasteiger partial charge in [0.25, 0.3) is 5.91 Å². The molecule has 21 heavy (non-hydrogen) atoms. The number of amides is 1. The van der Waals surface area contributed by atoms with Crippen LogP contribution in [0.1, 0.15) is 65.5 Å². The minimum absolute atomic E-state index is 0.0616. The maximum atomic E-state index is 12.3. The molecule has 2 aromatic rings. The fourth-order valence-corrected chi connectivity index (χ4v) is 3.13. The first-order valence-corrected chi connectivity index (χ1v) is 8.05. The van der Waals surface area contributed by atoms with Gasteiger partial charge < -0.3 is 9.88 Å². The van der Waals surface area contributed by atoms with Crippen LogP contribution in [-0.4, -0.2) is 25.7 Å². The van der Waals surface area contributed by atoms with Crippen LogP contribution in [0, 0.1) is 0 Å². The van der Waals surface area contributed by atoms with Crippen molar-refractivity contribution in [2.24, 2.45) is 7.05 Å². The fraction of sp³-hybridized carbons (Fsp3) is 0.571. The highest BCUT2D eigenvalue weighted by molar-refractivity contribution is 7.11. The molecular formula is C14H19N5OS. The first kappa shape index (κ1) is 14.2. The molecule has 2 heterocycles. The molecule has 0 radical (unpaired) electrons. The molecule has 6 nitrogen and oxygen atoms in total. The molecule has 1 aliphatic rings. The molecule has 0 unspecified atom stereocenters. The molecule has 1 aliphatic carbocycles. The summed E-state index contributed by atoms with van der Waals surface area (Å²) in [5.41, 5.74) is 2.71. The molecule has 0 spiro atoms. The quantitative estimate of drug-likeness (QED) is 0.919. The van der Waals surface area contributed by atoms with Crippen LogP contribution >= 0.6 is 11.3 Å². The minimum Gasteiger partial charge on any atom is -0.344 e. The molecule has 0 aromatic carbocycles. The number of hydrogen-bond acceptors (Lipinski definition) is 5. The molecule has 112 valence electrons. The third kappa shape index (κ3) is 2.83. The number of hydrogen-bond donors (Lipinski definition) is 1. The van der Waals surface area contributed by atoms with Crippen LogP contribution in [0.3, 0.4) is 0 Å². The van der Waals surface area contributed by atoms with Crippen LogP contribution < -0.4 is 5.32 Å². The van der Waals surface area contributed by atoms with Gasteiger partial charge in [-0.05, 0) is 12.8 Å². The van der Waals surface area contributed by atoms with Crippen molar-refractivity contribution in [2.45, 2.75) is 45.1 Å².